The van der Waals surface area contributed by atoms with Gasteiger partial charge in [-0.2, -0.15) is 0 Å². The predicted octanol–water partition coefficient (Wildman–Crippen LogP) is 1.52. The van der Waals surface area contributed by atoms with E-state index in [4.69, 9.17) is 11.6 Å². The molecular weight excluding hydrogens is 244 g/mol. The summed E-state index contributed by atoms with van der Waals surface area (Å²) in [6.45, 7) is 0. The van der Waals surface area contributed by atoms with Crippen molar-refractivity contribution in [3.63, 3.8) is 0 Å². The lowest BCUT2D eigenvalue weighted by Gasteiger charge is -2.34. The fraction of sp³-hybridized carbons (Fsp3) is 0.909. The average molecular weight is 261 g/mol. The molecule has 3 fully saturated rings. The molecule has 1 saturated carbocycles. The van der Waals surface area contributed by atoms with Crippen LogP contribution in [0.5, 0.6) is 0 Å². The molecule has 5 heteroatoms. The quantitative estimate of drug-likeness (QED) is 0.703. The van der Waals surface area contributed by atoms with E-state index in [0.29, 0.717) is 22.4 Å². The summed E-state index contributed by atoms with van der Waals surface area (Å²) in [6.07, 6.45) is 5.08. The van der Waals surface area contributed by atoms with Crippen molar-refractivity contribution in [2.24, 2.45) is 11.8 Å². The Labute approximate surface area is 105 Å². The molecule has 2 heterocycles. The molecule has 2 aliphatic heterocycles. The zero-order valence-corrected chi connectivity index (χ0v) is 10.7. The van der Waals surface area contributed by atoms with Gasteiger partial charge in [0.25, 0.3) is 0 Å². The van der Waals surface area contributed by atoms with Crippen LogP contribution in [0, 0.1) is 11.8 Å². The molecule has 0 aromatic heterocycles. The molecular formula is C11H17ClN2OS. The second-order valence-corrected chi connectivity index (χ2v) is 6.65. The first kappa shape index (κ1) is 11.2. The van der Waals surface area contributed by atoms with E-state index >= 15 is 0 Å². The highest BCUT2D eigenvalue weighted by molar-refractivity contribution is 8.00. The Hall–Kier alpha value is 0.0700. The summed E-state index contributed by atoms with van der Waals surface area (Å²) >= 11 is 7.77. The van der Waals surface area contributed by atoms with Gasteiger partial charge >= 0.3 is 0 Å². The van der Waals surface area contributed by atoms with Crippen LogP contribution in [0.3, 0.4) is 0 Å². The van der Waals surface area contributed by atoms with E-state index in [1.54, 1.807) is 0 Å². The lowest BCUT2D eigenvalue weighted by molar-refractivity contribution is -0.129. The fourth-order valence-corrected chi connectivity index (χ4v) is 5.36. The number of carbonyl (C=O) groups is 1. The van der Waals surface area contributed by atoms with Crippen molar-refractivity contribution in [2.75, 3.05) is 5.88 Å². The van der Waals surface area contributed by atoms with Crippen molar-refractivity contribution in [3.05, 3.63) is 0 Å². The molecule has 16 heavy (non-hydrogen) atoms. The number of thioether (sulfide) groups is 1. The van der Waals surface area contributed by atoms with Crippen molar-refractivity contribution in [1.29, 1.82) is 0 Å². The zero-order chi connectivity index (χ0) is 11.1. The van der Waals surface area contributed by atoms with Gasteiger partial charge in [0.15, 0.2) is 0 Å². The van der Waals surface area contributed by atoms with Gasteiger partial charge in [-0.25, -0.2) is 0 Å². The van der Waals surface area contributed by atoms with Crippen molar-refractivity contribution in [2.45, 2.75) is 42.5 Å². The van der Waals surface area contributed by atoms with Crippen molar-refractivity contribution >= 4 is 29.3 Å². The molecule has 1 amide bonds. The summed E-state index contributed by atoms with van der Waals surface area (Å²) in [5.74, 6) is 1.43. The minimum atomic E-state index is -0.0388. The molecule has 3 nitrogen and oxygen atoms in total. The van der Waals surface area contributed by atoms with Gasteiger partial charge in [-0.1, -0.05) is 12.8 Å². The van der Waals surface area contributed by atoms with E-state index in [-0.39, 0.29) is 18.0 Å². The summed E-state index contributed by atoms with van der Waals surface area (Å²) in [5, 5.41) is 7.41. The molecule has 5 atom stereocenters. The molecule has 0 bridgehead atoms. The molecule has 0 spiro atoms. The number of nitrogens with one attached hydrogen (secondary N) is 2. The molecule has 5 unspecified atom stereocenters. The summed E-state index contributed by atoms with van der Waals surface area (Å²) in [7, 11) is 0. The van der Waals surface area contributed by atoms with Crippen LogP contribution in [0.4, 0.5) is 0 Å². The fourth-order valence-electron chi connectivity index (χ4n) is 3.27. The van der Waals surface area contributed by atoms with Crippen LogP contribution in [0.15, 0.2) is 0 Å². The van der Waals surface area contributed by atoms with Crippen LogP contribution in [0.1, 0.15) is 25.7 Å². The summed E-state index contributed by atoms with van der Waals surface area (Å²) < 4.78 is 0. The smallest absolute Gasteiger partial charge is 0.227 e. The minimum Gasteiger partial charge on any atom is -0.339 e. The molecule has 2 N–H and O–H groups in total. The molecule has 3 rings (SSSR count). The Bertz CT molecular complexity index is 302. The van der Waals surface area contributed by atoms with E-state index in [9.17, 15) is 4.79 Å². The molecule has 3 aliphatic rings. The maximum Gasteiger partial charge on any atom is 0.227 e. The lowest BCUT2D eigenvalue weighted by atomic mass is 9.79. The maximum absolute atomic E-state index is 12.1. The maximum atomic E-state index is 12.1. The van der Waals surface area contributed by atoms with E-state index in [0.717, 1.165) is 0 Å². The second-order valence-electron chi connectivity index (χ2n) is 4.95. The molecule has 0 aromatic carbocycles. The van der Waals surface area contributed by atoms with Crippen LogP contribution in [0.25, 0.3) is 0 Å². The Morgan fingerprint density at radius 3 is 3.00 bits per heavy atom. The molecule has 1 aliphatic carbocycles. The van der Waals surface area contributed by atoms with Crippen LogP contribution in [-0.4, -0.2) is 28.6 Å². The van der Waals surface area contributed by atoms with Gasteiger partial charge in [-0.3, -0.25) is 10.1 Å². The molecule has 0 radical (unpaired) electrons. The number of hydrogen-bond acceptors (Lipinski definition) is 3. The first-order valence-electron chi connectivity index (χ1n) is 6.07. The number of carbonyl (C=O) groups excluding carboxylic acids is 1. The van der Waals surface area contributed by atoms with Gasteiger partial charge in [0.1, 0.15) is 0 Å². The topological polar surface area (TPSA) is 41.1 Å². The Kier molecular flexibility index (Phi) is 3.07. The monoisotopic (exact) mass is 260 g/mol. The third-order valence-corrected chi connectivity index (χ3v) is 5.97. The van der Waals surface area contributed by atoms with Crippen molar-refractivity contribution in [1.82, 2.24) is 10.6 Å². The van der Waals surface area contributed by atoms with Gasteiger partial charge in [0, 0.05) is 5.25 Å². The van der Waals surface area contributed by atoms with Gasteiger partial charge in [0.2, 0.25) is 5.91 Å². The normalized spacial score (nSPS) is 47.1. The Morgan fingerprint density at radius 1 is 1.38 bits per heavy atom. The number of alkyl halides is 1. The van der Waals surface area contributed by atoms with Gasteiger partial charge in [-0.15, -0.1) is 23.4 Å². The molecule has 0 aromatic rings. The standard InChI is InChI=1S/C11H17ClN2OS/c12-5-8-13-10(15)9-6-3-1-2-4-7(6)16-11(9)14-8/h6-9,11,14H,1-5H2,(H,13,15). The number of halogens is 1. The number of fused-ring (bicyclic) bond motifs is 3. The van der Waals surface area contributed by atoms with Gasteiger partial charge < -0.3 is 5.32 Å². The second kappa shape index (κ2) is 4.39. The summed E-state index contributed by atoms with van der Waals surface area (Å²) in [6, 6.07) is 0. The van der Waals surface area contributed by atoms with Crippen LogP contribution < -0.4 is 10.6 Å². The van der Waals surface area contributed by atoms with Crippen LogP contribution in [0.2, 0.25) is 0 Å². The molecule has 2 saturated heterocycles. The van der Waals surface area contributed by atoms with Crippen LogP contribution in [-0.2, 0) is 4.79 Å². The average Bonchev–Trinajstić information content (AvgIpc) is 2.67. The molecule has 90 valence electrons. The first-order chi connectivity index (χ1) is 7.79. The zero-order valence-electron chi connectivity index (χ0n) is 9.12. The van der Waals surface area contributed by atoms with Crippen LogP contribution >= 0.6 is 23.4 Å². The van der Waals surface area contributed by atoms with Crippen molar-refractivity contribution < 1.29 is 4.79 Å². The largest absolute Gasteiger partial charge is 0.339 e. The third-order valence-electron chi connectivity index (χ3n) is 4.00. The summed E-state index contributed by atoms with van der Waals surface area (Å²) in [4.78, 5) is 12.1. The SMILES string of the molecule is O=C1NC(CCl)NC2SC3CCCCC3C12. The highest BCUT2D eigenvalue weighted by Gasteiger charge is 2.50. The van der Waals surface area contributed by atoms with Gasteiger partial charge in [-0.05, 0) is 18.8 Å². The first-order valence-corrected chi connectivity index (χ1v) is 7.55. The number of rotatable bonds is 1. The third kappa shape index (κ3) is 1.75. The minimum absolute atomic E-state index is 0.0388. The van der Waals surface area contributed by atoms with E-state index in [1.165, 1.54) is 25.7 Å². The predicted molar refractivity (Wildman–Crippen MR) is 66.4 cm³/mol. The Balaban J connectivity index is 1.78. The lowest BCUT2D eigenvalue weighted by Crippen LogP contribution is -2.60. The van der Waals surface area contributed by atoms with E-state index in [1.807, 2.05) is 11.8 Å². The Morgan fingerprint density at radius 2 is 2.19 bits per heavy atom. The van der Waals surface area contributed by atoms with Crippen molar-refractivity contribution in [3.8, 4) is 0 Å². The highest BCUT2D eigenvalue weighted by atomic mass is 35.5. The highest BCUT2D eigenvalue weighted by Crippen LogP contribution is 2.49. The number of amides is 1. The van der Waals surface area contributed by atoms with E-state index < -0.39 is 0 Å². The van der Waals surface area contributed by atoms with Gasteiger partial charge in [0.05, 0.1) is 23.3 Å². The van der Waals surface area contributed by atoms with E-state index in [2.05, 4.69) is 10.6 Å². The summed E-state index contributed by atoms with van der Waals surface area (Å²) in [5.41, 5.74) is 0. The number of hydrogen-bond donors (Lipinski definition) is 2.